The van der Waals surface area contributed by atoms with Crippen molar-refractivity contribution < 1.29 is 4.79 Å². The molecule has 0 aliphatic carbocycles. The lowest BCUT2D eigenvalue weighted by molar-refractivity contribution is -0.120. The Morgan fingerprint density at radius 1 is 1.60 bits per heavy atom. The first-order valence-corrected chi connectivity index (χ1v) is 4.44. The van der Waals surface area contributed by atoms with Crippen molar-refractivity contribution in [2.24, 2.45) is 0 Å². The zero-order valence-corrected chi connectivity index (χ0v) is 8.23. The average molecular weight is 208 g/mol. The van der Waals surface area contributed by atoms with Gasteiger partial charge in [-0.1, -0.05) is 22.9 Å². The quantitative estimate of drug-likeness (QED) is 0.702. The molecule has 1 N–H and O–H groups in total. The molecule has 0 saturated carbocycles. The van der Waals surface area contributed by atoms with Gasteiger partial charge in [-0.15, -0.1) is 0 Å². The zero-order valence-electron chi connectivity index (χ0n) is 6.65. The van der Waals surface area contributed by atoms with Crippen LogP contribution in [-0.4, -0.2) is 16.8 Å². The lowest BCUT2D eigenvalue weighted by Crippen LogP contribution is -2.36. The Hall–Kier alpha value is -0.0500. The smallest absolute Gasteiger partial charge is 0.233 e. The van der Waals surface area contributed by atoms with Gasteiger partial charge in [-0.05, 0) is 20.3 Å². The van der Waals surface area contributed by atoms with Crippen LogP contribution in [0.5, 0.6) is 0 Å². The fraction of sp³-hybridized carbons (Fsp3) is 0.857. The van der Waals surface area contributed by atoms with E-state index in [0.717, 1.165) is 6.42 Å². The molecule has 0 unspecified atom stereocenters. The molecule has 0 fully saturated rings. The van der Waals surface area contributed by atoms with Crippen LogP contribution in [0.3, 0.4) is 0 Å². The second-order valence-corrected chi connectivity index (χ2v) is 3.81. The average Bonchev–Trinajstić information content (AvgIpc) is 1.87. The van der Waals surface area contributed by atoms with Crippen LogP contribution in [0.25, 0.3) is 0 Å². The van der Waals surface area contributed by atoms with Gasteiger partial charge in [0, 0.05) is 6.04 Å². The molecule has 0 bridgehead atoms. The molecule has 3 heteroatoms. The number of carbonyl (C=O) groups excluding carboxylic acids is 1. The molecule has 10 heavy (non-hydrogen) atoms. The molecule has 0 aromatic rings. The third kappa shape index (κ3) is 3.88. The molecule has 0 spiro atoms. The van der Waals surface area contributed by atoms with Gasteiger partial charge in [-0.25, -0.2) is 0 Å². The number of rotatable bonds is 3. The highest BCUT2D eigenvalue weighted by atomic mass is 79.9. The first-order chi connectivity index (χ1) is 4.57. The number of amides is 1. The number of alkyl halides is 1. The fourth-order valence-corrected chi connectivity index (χ4v) is 0.592. The van der Waals surface area contributed by atoms with Crippen LogP contribution in [0, 0.1) is 0 Å². The van der Waals surface area contributed by atoms with Crippen LogP contribution >= 0.6 is 15.9 Å². The molecule has 0 rings (SSSR count). The Kier molecular flexibility index (Phi) is 4.69. The van der Waals surface area contributed by atoms with Crippen LogP contribution in [-0.2, 0) is 4.79 Å². The van der Waals surface area contributed by atoms with E-state index in [1.807, 2.05) is 20.8 Å². The zero-order chi connectivity index (χ0) is 8.15. The maximum atomic E-state index is 11.0. The molecule has 2 atom stereocenters. The Morgan fingerprint density at radius 3 is 2.40 bits per heavy atom. The second-order valence-electron chi connectivity index (χ2n) is 2.43. The van der Waals surface area contributed by atoms with Gasteiger partial charge in [0.1, 0.15) is 0 Å². The highest BCUT2D eigenvalue weighted by Crippen LogP contribution is 1.98. The summed E-state index contributed by atoms with van der Waals surface area (Å²) in [4.78, 5) is 10.9. The number of hydrogen-bond donors (Lipinski definition) is 1. The number of carbonyl (C=O) groups is 1. The van der Waals surface area contributed by atoms with Gasteiger partial charge in [0.25, 0.3) is 0 Å². The van der Waals surface area contributed by atoms with Gasteiger partial charge in [0.15, 0.2) is 0 Å². The third-order valence-electron chi connectivity index (χ3n) is 1.36. The molecule has 0 radical (unpaired) electrons. The Morgan fingerprint density at radius 2 is 2.10 bits per heavy atom. The summed E-state index contributed by atoms with van der Waals surface area (Å²) in [7, 11) is 0. The summed E-state index contributed by atoms with van der Waals surface area (Å²) in [5.74, 6) is 0.0642. The van der Waals surface area contributed by atoms with Gasteiger partial charge in [-0.3, -0.25) is 4.79 Å². The largest absolute Gasteiger partial charge is 0.353 e. The van der Waals surface area contributed by atoms with Gasteiger partial charge >= 0.3 is 0 Å². The van der Waals surface area contributed by atoms with Crippen molar-refractivity contribution in [1.82, 2.24) is 5.32 Å². The molecule has 1 amide bonds. The first-order valence-electron chi connectivity index (χ1n) is 3.52. The van der Waals surface area contributed by atoms with Gasteiger partial charge in [0.05, 0.1) is 4.83 Å². The highest BCUT2D eigenvalue weighted by molar-refractivity contribution is 9.10. The van der Waals surface area contributed by atoms with E-state index in [2.05, 4.69) is 21.2 Å². The monoisotopic (exact) mass is 207 g/mol. The van der Waals surface area contributed by atoms with Crippen LogP contribution in [0.2, 0.25) is 0 Å². The molecule has 0 saturated heterocycles. The summed E-state index contributed by atoms with van der Waals surface area (Å²) >= 11 is 3.19. The Balaban J connectivity index is 3.57. The summed E-state index contributed by atoms with van der Waals surface area (Å²) < 4.78 is 0. The molecule has 0 aliphatic rings. The minimum atomic E-state index is -0.0819. The van der Waals surface area contributed by atoms with Crippen molar-refractivity contribution in [3.05, 3.63) is 0 Å². The van der Waals surface area contributed by atoms with Crippen LogP contribution in [0.1, 0.15) is 27.2 Å². The van der Waals surface area contributed by atoms with Crippen molar-refractivity contribution in [3.8, 4) is 0 Å². The topological polar surface area (TPSA) is 29.1 Å². The summed E-state index contributed by atoms with van der Waals surface area (Å²) in [5, 5.41) is 2.84. The summed E-state index contributed by atoms with van der Waals surface area (Å²) in [6.45, 7) is 5.86. The molecular formula is C7H14BrNO. The van der Waals surface area contributed by atoms with E-state index in [-0.39, 0.29) is 16.8 Å². The van der Waals surface area contributed by atoms with E-state index >= 15 is 0 Å². The van der Waals surface area contributed by atoms with Crippen molar-refractivity contribution in [3.63, 3.8) is 0 Å². The standard InChI is InChI=1S/C7H14BrNO/c1-4-5(2)9-7(10)6(3)8/h5-6H,4H2,1-3H3,(H,9,10)/t5-,6-/m1/s1. The van der Waals surface area contributed by atoms with Crippen LogP contribution < -0.4 is 5.32 Å². The number of hydrogen-bond acceptors (Lipinski definition) is 1. The van der Waals surface area contributed by atoms with Gasteiger partial charge in [0.2, 0.25) is 5.91 Å². The molecule has 2 nitrogen and oxygen atoms in total. The van der Waals surface area contributed by atoms with E-state index < -0.39 is 0 Å². The Bertz CT molecular complexity index is 114. The molecule has 0 aromatic heterocycles. The molecular weight excluding hydrogens is 194 g/mol. The van der Waals surface area contributed by atoms with Gasteiger partial charge < -0.3 is 5.32 Å². The maximum Gasteiger partial charge on any atom is 0.233 e. The molecule has 0 aromatic carbocycles. The number of halogens is 1. The first kappa shape index (κ1) is 9.95. The SMILES string of the molecule is CC[C@@H](C)NC(=O)[C@@H](C)Br. The van der Waals surface area contributed by atoms with Gasteiger partial charge in [-0.2, -0.15) is 0 Å². The predicted octanol–water partition coefficient (Wildman–Crippen LogP) is 1.68. The van der Waals surface area contributed by atoms with E-state index in [1.165, 1.54) is 0 Å². The van der Waals surface area contributed by atoms with Crippen LogP contribution in [0.15, 0.2) is 0 Å². The molecule has 0 aliphatic heterocycles. The second kappa shape index (κ2) is 4.72. The molecule has 0 heterocycles. The van der Waals surface area contributed by atoms with Crippen molar-refractivity contribution in [2.75, 3.05) is 0 Å². The normalized spacial score (nSPS) is 16.0. The molecule has 60 valence electrons. The third-order valence-corrected chi connectivity index (χ3v) is 1.78. The lowest BCUT2D eigenvalue weighted by Gasteiger charge is -2.11. The van der Waals surface area contributed by atoms with Crippen molar-refractivity contribution in [2.45, 2.75) is 38.1 Å². The van der Waals surface area contributed by atoms with E-state index in [0.29, 0.717) is 0 Å². The van der Waals surface area contributed by atoms with Crippen molar-refractivity contribution in [1.29, 1.82) is 0 Å². The lowest BCUT2D eigenvalue weighted by atomic mass is 10.2. The van der Waals surface area contributed by atoms with E-state index in [9.17, 15) is 4.79 Å². The fourth-order valence-electron chi connectivity index (χ4n) is 0.460. The predicted molar refractivity (Wildman–Crippen MR) is 46.3 cm³/mol. The van der Waals surface area contributed by atoms with E-state index in [4.69, 9.17) is 0 Å². The summed E-state index contributed by atoms with van der Waals surface area (Å²) in [5.41, 5.74) is 0. The Labute approximate surface area is 70.5 Å². The summed E-state index contributed by atoms with van der Waals surface area (Å²) in [6, 6.07) is 0.285. The van der Waals surface area contributed by atoms with Crippen molar-refractivity contribution >= 4 is 21.8 Å². The van der Waals surface area contributed by atoms with Crippen LogP contribution in [0.4, 0.5) is 0 Å². The van der Waals surface area contributed by atoms with E-state index in [1.54, 1.807) is 0 Å². The minimum absolute atomic E-state index is 0.0642. The number of nitrogens with one attached hydrogen (secondary N) is 1. The summed E-state index contributed by atoms with van der Waals surface area (Å²) in [6.07, 6.45) is 0.978. The maximum absolute atomic E-state index is 11.0. The minimum Gasteiger partial charge on any atom is -0.353 e. The highest BCUT2D eigenvalue weighted by Gasteiger charge is 2.09.